The van der Waals surface area contributed by atoms with Gasteiger partial charge in [0, 0.05) is 23.9 Å². The standard InChI is InChI=1S/C23H22F3N3O3/c24-15-3-1-12(2-4-15)21-20(17-9-16(25)10-18(26)22(17)29-21)13-7-14(8-13)23(32)28-11-19(31)27-5-6-30/h1-4,9-10,13-14,29-30H,5-8,11H2,(H,27,31)(H,28,32)/t13-,14-. The molecule has 0 spiro atoms. The largest absolute Gasteiger partial charge is 0.395 e. The van der Waals surface area contributed by atoms with E-state index in [9.17, 15) is 22.8 Å². The highest BCUT2D eigenvalue weighted by atomic mass is 19.1. The van der Waals surface area contributed by atoms with Gasteiger partial charge in [-0.25, -0.2) is 13.2 Å². The monoisotopic (exact) mass is 445 g/mol. The van der Waals surface area contributed by atoms with Crippen LogP contribution in [0.15, 0.2) is 36.4 Å². The van der Waals surface area contributed by atoms with Crippen molar-refractivity contribution in [2.24, 2.45) is 5.92 Å². The van der Waals surface area contributed by atoms with Crippen LogP contribution in [0.5, 0.6) is 0 Å². The summed E-state index contributed by atoms with van der Waals surface area (Å²) in [4.78, 5) is 27.0. The first-order chi connectivity index (χ1) is 15.4. The summed E-state index contributed by atoms with van der Waals surface area (Å²) in [5, 5.41) is 14.1. The Morgan fingerprint density at radius 3 is 2.44 bits per heavy atom. The molecule has 1 aliphatic rings. The molecule has 1 fully saturated rings. The lowest BCUT2D eigenvalue weighted by molar-refractivity contribution is -0.130. The SMILES string of the molecule is O=C(CNC(=O)[C@H]1C[C@H](c2c(-c3ccc(F)cc3)[nH]c3c(F)cc(F)cc32)C1)NCCO. The minimum absolute atomic E-state index is 0.111. The van der Waals surface area contributed by atoms with Crippen LogP contribution in [0, 0.1) is 23.4 Å². The number of benzene rings is 2. The van der Waals surface area contributed by atoms with Crippen molar-refractivity contribution in [2.45, 2.75) is 18.8 Å². The number of carbonyl (C=O) groups is 2. The van der Waals surface area contributed by atoms with Gasteiger partial charge in [-0.15, -0.1) is 0 Å². The Bertz CT molecular complexity index is 1150. The molecular weight excluding hydrogens is 423 g/mol. The molecule has 0 saturated heterocycles. The number of aromatic nitrogens is 1. The highest BCUT2D eigenvalue weighted by molar-refractivity contribution is 5.93. The van der Waals surface area contributed by atoms with Crippen LogP contribution in [0.25, 0.3) is 22.2 Å². The van der Waals surface area contributed by atoms with E-state index >= 15 is 0 Å². The zero-order chi connectivity index (χ0) is 22.8. The van der Waals surface area contributed by atoms with Crippen molar-refractivity contribution < 1.29 is 27.9 Å². The lowest BCUT2D eigenvalue weighted by atomic mass is 9.70. The highest BCUT2D eigenvalue weighted by Gasteiger charge is 2.38. The van der Waals surface area contributed by atoms with Crippen LogP contribution in [-0.2, 0) is 9.59 Å². The first-order valence-corrected chi connectivity index (χ1v) is 10.3. The number of hydrogen-bond donors (Lipinski definition) is 4. The fourth-order valence-electron chi connectivity index (χ4n) is 4.15. The van der Waals surface area contributed by atoms with Crippen LogP contribution in [0.1, 0.15) is 24.3 Å². The van der Waals surface area contributed by atoms with E-state index < -0.39 is 23.4 Å². The minimum Gasteiger partial charge on any atom is -0.395 e. The van der Waals surface area contributed by atoms with Gasteiger partial charge in [-0.2, -0.15) is 0 Å². The predicted octanol–water partition coefficient (Wildman–Crippen LogP) is 2.97. The molecule has 2 aromatic carbocycles. The number of hydrogen-bond acceptors (Lipinski definition) is 3. The number of aliphatic hydroxyl groups excluding tert-OH is 1. The van der Waals surface area contributed by atoms with Gasteiger partial charge in [-0.05, 0) is 60.2 Å². The van der Waals surface area contributed by atoms with Gasteiger partial charge in [0.2, 0.25) is 11.8 Å². The van der Waals surface area contributed by atoms with E-state index in [0.717, 1.165) is 6.07 Å². The van der Waals surface area contributed by atoms with Crippen LogP contribution >= 0.6 is 0 Å². The van der Waals surface area contributed by atoms with Crippen LogP contribution in [0.2, 0.25) is 0 Å². The number of carbonyl (C=O) groups excluding carboxylic acids is 2. The van der Waals surface area contributed by atoms with Gasteiger partial charge in [0.25, 0.3) is 0 Å². The molecule has 3 aromatic rings. The van der Waals surface area contributed by atoms with Gasteiger partial charge in [-0.1, -0.05) is 0 Å². The van der Waals surface area contributed by atoms with Crippen molar-refractivity contribution in [3.63, 3.8) is 0 Å². The number of rotatable bonds is 7. The van der Waals surface area contributed by atoms with Crippen molar-refractivity contribution in [2.75, 3.05) is 19.7 Å². The molecule has 0 atom stereocenters. The summed E-state index contributed by atoms with van der Waals surface area (Å²) in [5.74, 6) is -2.99. The Hall–Kier alpha value is -3.33. The summed E-state index contributed by atoms with van der Waals surface area (Å²) < 4.78 is 41.8. The van der Waals surface area contributed by atoms with E-state index in [1.54, 1.807) is 12.1 Å². The van der Waals surface area contributed by atoms with E-state index in [4.69, 9.17) is 5.11 Å². The molecule has 0 unspecified atom stereocenters. The molecular formula is C23H22F3N3O3. The molecule has 4 N–H and O–H groups in total. The lowest BCUT2D eigenvalue weighted by Gasteiger charge is -2.35. The number of amides is 2. The first-order valence-electron chi connectivity index (χ1n) is 10.3. The van der Waals surface area contributed by atoms with Crippen molar-refractivity contribution >= 4 is 22.7 Å². The molecule has 32 heavy (non-hydrogen) atoms. The third-order valence-electron chi connectivity index (χ3n) is 5.77. The lowest BCUT2D eigenvalue weighted by Crippen LogP contribution is -2.43. The Morgan fingerprint density at radius 1 is 1.03 bits per heavy atom. The van der Waals surface area contributed by atoms with Gasteiger partial charge in [0.1, 0.15) is 17.5 Å². The third kappa shape index (κ3) is 4.34. The van der Waals surface area contributed by atoms with E-state index in [1.807, 2.05) is 0 Å². The molecule has 1 aliphatic carbocycles. The normalized spacial score (nSPS) is 17.8. The molecule has 168 valence electrons. The number of nitrogens with one attached hydrogen (secondary N) is 3. The summed E-state index contributed by atoms with van der Waals surface area (Å²) in [7, 11) is 0. The molecule has 1 aromatic heterocycles. The van der Waals surface area contributed by atoms with E-state index in [-0.39, 0.29) is 43.0 Å². The van der Waals surface area contributed by atoms with Crippen LogP contribution in [-0.4, -0.2) is 41.6 Å². The number of H-pyrrole nitrogens is 1. The Kier molecular flexibility index (Phi) is 6.18. The quantitative estimate of drug-likeness (QED) is 0.451. The zero-order valence-corrected chi connectivity index (χ0v) is 17.1. The minimum atomic E-state index is -0.725. The van der Waals surface area contributed by atoms with Crippen molar-refractivity contribution in [1.29, 1.82) is 0 Å². The summed E-state index contributed by atoms with van der Waals surface area (Å²) >= 11 is 0. The topological polar surface area (TPSA) is 94.2 Å². The van der Waals surface area contributed by atoms with Gasteiger partial charge in [0.15, 0.2) is 0 Å². The summed E-state index contributed by atoms with van der Waals surface area (Å²) in [6, 6.07) is 7.77. The molecule has 1 heterocycles. The average Bonchev–Trinajstić information content (AvgIpc) is 3.09. The second-order valence-corrected chi connectivity index (χ2v) is 7.89. The Balaban J connectivity index is 1.55. The molecule has 6 nitrogen and oxygen atoms in total. The van der Waals surface area contributed by atoms with Crippen molar-refractivity contribution in [3.8, 4) is 11.3 Å². The molecule has 4 rings (SSSR count). The van der Waals surface area contributed by atoms with E-state index in [0.29, 0.717) is 35.0 Å². The first kappa shape index (κ1) is 21.9. The smallest absolute Gasteiger partial charge is 0.239 e. The van der Waals surface area contributed by atoms with Crippen LogP contribution in [0.3, 0.4) is 0 Å². The van der Waals surface area contributed by atoms with Gasteiger partial charge >= 0.3 is 0 Å². The summed E-state index contributed by atoms with van der Waals surface area (Å²) in [6.07, 6.45) is 0.896. The van der Waals surface area contributed by atoms with Gasteiger partial charge in [0.05, 0.1) is 24.4 Å². The summed E-state index contributed by atoms with van der Waals surface area (Å²) in [5.41, 5.74) is 2.05. The van der Waals surface area contributed by atoms with Crippen molar-refractivity contribution in [3.05, 3.63) is 59.4 Å². The maximum Gasteiger partial charge on any atom is 0.239 e. The second-order valence-electron chi connectivity index (χ2n) is 7.89. The number of aliphatic hydroxyl groups is 1. The maximum absolute atomic E-state index is 14.4. The molecule has 0 radical (unpaired) electrons. The zero-order valence-electron chi connectivity index (χ0n) is 17.1. The van der Waals surface area contributed by atoms with E-state index in [2.05, 4.69) is 15.6 Å². The molecule has 9 heteroatoms. The Labute approximate surface area is 181 Å². The van der Waals surface area contributed by atoms with Crippen molar-refractivity contribution in [1.82, 2.24) is 15.6 Å². The fourth-order valence-corrected chi connectivity index (χ4v) is 4.15. The fraction of sp³-hybridized carbons (Fsp3) is 0.304. The molecule has 0 aliphatic heterocycles. The van der Waals surface area contributed by atoms with Gasteiger partial charge < -0.3 is 20.7 Å². The highest BCUT2D eigenvalue weighted by Crippen LogP contribution is 2.48. The molecule has 2 amide bonds. The van der Waals surface area contributed by atoms with E-state index in [1.165, 1.54) is 18.2 Å². The summed E-state index contributed by atoms with van der Waals surface area (Å²) in [6.45, 7) is -0.267. The maximum atomic E-state index is 14.4. The Morgan fingerprint density at radius 2 is 1.75 bits per heavy atom. The molecule has 0 bridgehead atoms. The second kappa shape index (κ2) is 9.04. The number of aromatic amines is 1. The number of halogens is 3. The average molecular weight is 445 g/mol. The number of fused-ring (bicyclic) bond motifs is 1. The van der Waals surface area contributed by atoms with Gasteiger partial charge in [-0.3, -0.25) is 9.59 Å². The van der Waals surface area contributed by atoms with Crippen LogP contribution in [0.4, 0.5) is 13.2 Å². The van der Waals surface area contributed by atoms with Crippen LogP contribution < -0.4 is 10.6 Å². The third-order valence-corrected chi connectivity index (χ3v) is 5.77. The molecule has 1 saturated carbocycles. The predicted molar refractivity (Wildman–Crippen MR) is 112 cm³/mol.